The van der Waals surface area contributed by atoms with Crippen LogP contribution in [0.15, 0.2) is 17.2 Å². The number of nitrogens with one attached hydrogen (secondary N) is 1. The fraction of sp³-hybridized carbons (Fsp3) is 0.462. The standard InChI is InChI=1S/C7H3Cl5N2.C6H12/c8-3-1-4(9)6(5(10)2-3)13-14-7(11)12;1-2-4-6-5-3-1/h1-2,13H;1-6H2. The summed E-state index contributed by atoms with van der Waals surface area (Å²) >= 11 is 28.0. The van der Waals surface area contributed by atoms with E-state index in [1.165, 1.54) is 50.7 Å². The average molecular weight is 377 g/mol. The minimum absolute atomic E-state index is 0.174. The number of hydrazone groups is 1. The molecular weight excluding hydrogens is 361 g/mol. The third-order valence-corrected chi connectivity index (χ3v) is 3.74. The number of hydrogen-bond donors (Lipinski definition) is 1. The first-order valence-corrected chi connectivity index (χ1v) is 8.19. The molecule has 1 N–H and O–H groups in total. The molecule has 0 unspecified atom stereocenters. The van der Waals surface area contributed by atoms with Crippen molar-refractivity contribution >= 4 is 68.3 Å². The zero-order chi connectivity index (χ0) is 15.0. The lowest BCUT2D eigenvalue weighted by atomic mass is 10.0. The summed E-state index contributed by atoms with van der Waals surface area (Å²) in [4.78, 5) is 0. The molecule has 0 atom stereocenters. The molecule has 0 aliphatic heterocycles. The second-order valence-electron chi connectivity index (χ2n) is 4.33. The fourth-order valence-electron chi connectivity index (χ4n) is 1.81. The highest BCUT2D eigenvalue weighted by atomic mass is 35.5. The van der Waals surface area contributed by atoms with Crippen LogP contribution in [0.3, 0.4) is 0 Å². The van der Waals surface area contributed by atoms with E-state index in [1.54, 1.807) is 0 Å². The second-order valence-corrected chi connectivity index (χ2v) is 6.49. The topological polar surface area (TPSA) is 24.4 Å². The van der Waals surface area contributed by atoms with Gasteiger partial charge in [-0.25, -0.2) is 0 Å². The highest BCUT2D eigenvalue weighted by Crippen LogP contribution is 2.33. The molecule has 112 valence electrons. The van der Waals surface area contributed by atoms with Crippen LogP contribution in [-0.2, 0) is 0 Å². The van der Waals surface area contributed by atoms with Crippen LogP contribution in [0, 0.1) is 0 Å². The molecular formula is C13H15Cl5N2. The maximum atomic E-state index is 5.83. The van der Waals surface area contributed by atoms with Crippen molar-refractivity contribution in [2.45, 2.75) is 38.5 Å². The first-order chi connectivity index (χ1) is 9.50. The van der Waals surface area contributed by atoms with Crippen LogP contribution in [0.4, 0.5) is 5.69 Å². The summed E-state index contributed by atoms with van der Waals surface area (Å²) in [5, 5.41) is 4.64. The van der Waals surface area contributed by atoms with Gasteiger partial charge in [-0.2, -0.15) is 5.10 Å². The van der Waals surface area contributed by atoms with Crippen molar-refractivity contribution in [1.29, 1.82) is 0 Å². The smallest absolute Gasteiger partial charge is 0.215 e. The summed E-state index contributed by atoms with van der Waals surface area (Å²) in [6.07, 6.45) is 9.00. The summed E-state index contributed by atoms with van der Waals surface area (Å²) in [7, 11) is 0. The molecule has 0 amide bonds. The Labute approximate surface area is 144 Å². The van der Waals surface area contributed by atoms with Crippen LogP contribution in [0.25, 0.3) is 0 Å². The zero-order valence-corrected chi connectivity index (χ0v) is 14.5. The third kappa shape index (κ3) is 7.24. The monoisotopic (exact) mass is 374 g/mol. The highest BCUT2D eigenvalue weighted by Gasteiger charge is 2.06. The Hall–Kier alpha value is 0.140. The Balaban J connectivity index is 0.000000276. The summed E-state index contributed by atoms with van der Waals surface area (Å²) in [5.41, 5.74) is 2.91. The molecule has 1 fully saturated rings. The van der Waals surface area contributed by atoms with Gasteiger partial charge in [0.15, 0.2) is 0 Å². The van der Waals surface area contributed by atoms with Gasteiger partial charge in [0.2, 0.25) is 4.63 Å². The number of benzene rings is 1. The number of halogens is 5. The largest absolute Gasteiger partial charge is 0.273 e. The molecule has 0 heterocycles. The Morgan fingerprint density at radius 2 is 1.25 bits per heavy atom. The molecule has 2 nitrogen and oxygen atoms in total. The molecule has 2 rings (SSSR count). The Morgan fingerprint density at radius 3 is 1.60 bits per heavy atom. The molecule has 7 heteroatoms. The Bertz CT molecular complexity index is 420. The molecule has 1 aliphatic carbocycles. The van der Waals surface area contributed by atoms with Gasteiger partial charge in [-0.05, 0) is 35.3 Å². The van der Waals surface area contributed by atoms with Crippen molar-refractivity contribution in [2.75, 3.05) is 5.43 Å². The second kappa shape index (κ2) is 9.97. The number of hydrogen-bond acceptors (Lipinski definition) is 2. The summed E-state index contributed by atoms with van der Waals surface area (Å²) in [6.45, 7) is 0. The lowest BCUT2D eigenvalue weighted by Crippen LogP contribution is -1.92. The lowest BCUT2D eigenvalue weighted by Gasteiger charge is -2.05. The first kappa shape index (κ1) is 18.2. The average Bonchev–Trinajstić information content (AvgIpc) is 2.40. The van der Waals surface area contributed by atoms with E-state index in [4.69, 9.17) is 58.0 Å². The molecule has 0 spiro atoms. The van der Waals surface area contributed by atoms with E-state index in [9.17, 15) is 0 Å². The van der Waals surface area contributed by atoms with Gasteiger partial charge in [0, 0.05) is 5.02 Å². The van der Waals surface area contributed by atoms with E-state index in [-0.39, 0.29) is 4.63 Å². The number of nitrogens with zero attached hydrogens (tertiary/aromatic N) is 1. The van der Waals surface area contributed by atoms with Gasteiger partial charge in [-0.3, -0.25) is 5.43 Å². The zero-order valence-electron chi connectivity index (χ0n) is 10.7. The normalized spacial score (nSPS) is 14.1. The van der Waals surface area contributed by atoms with Crippen molar-refractivity contribution in [1.82, 2.24) is 0 Å². The maximum Gasteiger partial charge on any atom is 0.215 e. The van der Waals surface area contributed by atoms with Crippen LogP contribution in [0.2, 0.25) is 15.1 Å². The van der Waals surface area contributed by atoms with E-state index < -0.39 is 0 Å². The Kier molecular flexibility index (Phi) is 9.06. The van der Waals surface area contributed by atoms with Crippen molar-refractivity contribution in [2.24, 2.45) is 5.10 Å². The van der Waals surface area contributed by atoms with Crippen molar-refractivity contribution in [3.8, 4) is 0 Å². The van der Waals surface area contributed by atoms with Gasteiger partial charge in [-0.15, -0.1) is 0 Å². The number of rotatable bonds is 2. The van der Waals surface area contributed by atoms with Crippen LogP contribution in [-0.4, -0.2) is 4.63 Å². The van der Waals surface area contributed by atoms with Gasteiger partial charge in [0.25, 0.3) is 0 Å². The summed E-state index contributed by atoms with van der Waals surface area (Å²) in [6, 6.07) is 3.05. The van der Waals surface area contributed by atoms with E-state index in [2.05, 4.69) is 10.5 Å². The highest BCUT2D eigenvalue weighted by molar-refractivity contribution is 6.95. The Morgan fingerprint density at radius 1 is 0.850 bits per heavy atom. The van der Waals surface area contributed by atoms with E-state index in [1.807, 2.05) is 0 Å². The van der Waals surface area contributed by atoms with Crippen molar-refractivity contribution < 1.29 is 0 Å². The molecule has 0 bridgehead atoms. The molecule has 20 heavy (non-hydrogen) atoms. The van der Waals surface area contributed by atoms with Gasteiger partial charge >= 0.3 is 0 Å². The van der Waals surface area contributed by atoms with Crippen molar-refractivity contribution in [3.05, 3.63) is 27.2 Å². The predicted molar refractivity (Wildman–Crippen MR) is 91.9 cm³/mol. The third-order valence-electron chi connectivity index (χ3n) is 2.76. The summed E-state index contributed by atoms with van der Waals surface area (Å²) < 4.78 is -0.174. The van der Waals surface area contributed by atoms with E-state index >= 15 is 0 Å². The molecule has 1 aromatic carbocycles. The van der Waals surface area contributed by atoms with Crippen molar-refractivity contribution in [3.63, 3.8) is 0 Å². The number of anilines is 1. The van der Waals surface area contributed by atoms with Gasteiger partial charge in [0.1, 0.15) is 0 Å². The molecule has 1 aliphatic rings. The molecule has 0 aromatic heterocycles. The SMILES string of the molecule is C1CCCCC1.ClC(Cl)=NNc1c(Cl)cc(Cl)cc1Cl. The van der Waals surface area contributed by atoms with Gasteiger partial charge in [0.05, 0.1) is 15.7 Å². The van der Waals surface area contributed by atoms with Crippen LogP contribution in [0.1, 0.15) is 38.5 Å². The molecule has 1 saturated carbocycles. The molecule has 0 radical (unpaired) electrons. The quantitative estimate of drug-likeness (QED) is 0.430. The van der Waals surface area contributed by atoms with Gasteiger partial charge in [-0.1, -0.05) is 73.3 Å². The summed E-state index contributed by atoms with van der Waals surface area (Å²) in [5.74, 6) is 0. The fourth-order valence-corrected chi connectivity index (χ4v) is 2.79. The minimum Gasteiger partial charge on any atom is -0.273 e. The molecule has 1 aromatic rings. The van der Waals surface area contributed by atoms with Crippen LogP contribution >= 0.6 is 58.0 Å². The van der Waals surface area contributed by atoms with Crippen LogP contribution < -0.4 is 5.43 Å². The maximum absolute atomic E-state index is 5.83. The van der Waals surface area contributed by atoms with Gasteiger partial charge < -0.3 is 0 Å². The van der Waals surface area contributed by atoms with Crippen LogP contribution in [0.5, 0.6) is 0 Å². The minimum atomic E-state index is -0.174. The lowest BCUT2D eigenvalue weighted by molar-refractivity contribution is 0.504. The predicted octanol–water partition coefficient (Wildman–Crippen LogP) is 7.15. The first-order valence-electron chi connectivity index (χ1n) is 6.30. The molecule has 0 saturated heterocycles. The van der Waals surface area contributed by atoms with E-state index in [0.717, 1.165) is 0 Å². The van der Waals surface area contributed by atoms with E-state index in [0.29, 0.717) is 20.8 Å².